The summed E-state index contributed by atoms with van der Waals surface area (Å²) in [5.41, 5.74) is 2.36. The van der Waals surface area contributed by atoms with Crippen LogP contribution in [0.3, 0.4) is 0 Å². The molecule has 0 spiro atoms. The maximum atomic E-state index is 13.6. The molecule has 0 amide bonds. The van der Waals surface area contributed by atoms with Gasteiger partial charge < -0.3 is 10.4 Å². The van der Waals surface area contributed by atoms with Gasteiger partial charge in [0.25, 0.3) is 0 Å². The lowest BCUT2D eigenvalue weighted by atomic mass is 10.00. The van der Waals surface area contributed by atoms with E-state index in [2.05, 4.69) is 19.2 Å². The number of rotatable bonds is 5. The standard InChI is InChI=1S/C17H19ClFNO/c1-11(2)12-3-5-13(6-4-12)17(21)10-20-16-8-7-14(18)9-15(16)19/h3-9,11,17,20-21H,10H2,1-2H3. The third-order valence-corrected chi connectivity index (χ3v) is 3.64. The van der Waals surface area contributed by atoms with Crippen molar-refractivity contribution in [1.82, 2.24) is 0 Å². The highest BCUT2D eigenvalue weighted by molar-refractivity contribution is 6.30. The summed E-state index contributed by atoms with van der Waals surface area (Å²) < 4.78 is 13.6. The first kappa shape index (κ1) is 15.8. The minimum Gasteiger partial charge on any atom is -0.387 e. The van der Waals surface area contributed by atoms with Crippen molar-refractivity contribution in [2.24, 2.45) is 0 Å². The van der Waals surface area contributed by atoms with Gasteiger partial charge in [-0.15, -0.1) is 0 Å². The summed E-state index contributed by atoms with van der Waals surface area (Å²) in [5.74, 6) is 0.0299. The van der Waals surface area contributed by atoms with Crippen molar-refractivity contribution in [2.45, 2.75) is 25.9 Å². The smallest absolute Gasteiger partial charge is 0.147 e. The molecule has 4 heteroatoms. The second-order valence-electron chi connectivity index (χ2n) is 5.34. The van der Waals surface area contributed by atoms with E-state index in [4.69, 9.17) is 11.6 Å². The predicted octanol–water partition coefficient (Wildman–Crippen LogP) is 4.75. The van der Waals surface area contributed by atoms with Gasteiger partial charge in [-0.3, -0.25) is 0 Å². The lowest BCUT2D eigenvalue weighted by Gasteiger charge is -2.15. The quantitative estimate of drug-likeness (QED) is 0.835. The van der Waals surface area contributed by atoms with Crippen molar-refractivity contribution < 1.29 is 9.50 Å². The van der Waals surface area contributed by atoms with Crippen LogP contribution in [0.4, 0.5) is 10.1 Å². The lowest BCUT2D eigenvalue weighted by Crippen LogP contribution is -2.13. The first-order valence-electron chi connectivity index (χ1n) is 6.94. The molecule has 0 aromatic heterocycles. The van der Waals surface area contributed by atoms with Crippen molar-refractivity contribution >= 4 is 17.3 Å². The normalized spacial score (nSPS) is 12.5. The van der Waals surface area contributed by atoms with Crippen molar-refractivity contribution in [1.29, 1.82) is 0 Å². The zero-order valence-electron chi connectivity index (χ0n) is 12.1. The molecule has 0 aliphatic carbocycles. The van der Waals surface area contributed by atoms with Gasteiger partial charge in [-0.05, 0) is 35.2 Å². The fourth-order valence-corrected chi connectivity index (χ4v) is 2.22. The van der Waals surface area contributed by atoms with E-state index in [0.717, 1.165) is 5.56 Å². The van der Waals surface area contributed by atoms with Crippen LogP contribution in [-0.4, -0.2) is 11.7 Å². The Hall–Kier alpha value is -1.58. The van der Waals surface area contributed by atoms with Gasteiger partial charge in [-0.25, -0.2) is 4.39 Å². The Morgan fingerprint density at radius 3 is 2.29 bits per heavy atom. The van der Waals surface area contributed by atoms with Gasteiger partial charge in [-0.1, -0.05) is 49.7 Å². The molecule has 0 fully saturated rings. The minimum atomic E-state index is -0.693. The van der Waals surface area contributed by atoms with Gasteiger partial charge in [0, 0.05) is 11.6 Å². The number of benzene rings is 2. The van der Waals surface area contributed by atoms with Crippen LogP contribution in [0.2, 0.25) is 5.02 Å². The number of anilines is 1. The van der Waals surface area contributed by atoms with E-state index < -0.39 is 11.9 Å². The van der Waals surface area contributed by atoms with Gasteiger partial charge in [0.2, 0.25) is 0 Å². The summed E-state index contributed by atoms with van der Waals surface area (Å²) in [5, 5.41) is 13.4. The van der Waals surface area contributed by atoms with Crippen molar-refractivity contribution in [3.05, 3.63) is 64.4 Å². The SMILES string of the molecule is CC(C)c1ccc(C(O)CNc2ccc(Cl)cc2F)cc1. The van der Waals surface area contributed by atoms with Crippen LogP contribution < -0.4 is 5.32 Å². The molecule has 112 valence electrons. The molecular weight excluding hydrogens is 289 g/mol. The van der Waals surface area contributed by atoms with Crippen LogP contribution in [0.5, 0.6) is 0 Å². The van der Waals surface area contributed by atoms with Crippen molar-refractivity contribution in [3.63, 3.8) is 0 Å². The Bertz CT molecular complexity index is 598. The minimum absolute atomic E-state index is 0.236. The second-order valence-corrected chi connectivity index (χ2v) is 5.78. The van der Waals surface area contributed by atoms with Crippen LogP contribution in [-0.2, 0) is 0 Å². The summed E-state index contributed by atoms with van der Waals surface area (Å²) in [7, 11) is 0. The molecule has 0 saturated carbocycles. The number of aliphatic hydroxyl groups is 1. The van der Waals surface area contributed by atoms with Crippen molar-refractivity contribution in [2.75, 3.05) is 11.9 Å². The highest BCUT2D eigenvalue weighted by atomic mass is 35.5. The second kappa shape index (κ2) is 6.92. The largest absolute Gasteiger partial charge is 0.387 e. The zero-order chi connectivity index (χ0) is 15.4. The van der Waals surface area contributed by atoms with E-state index in [1.54, 1.807) is 12.1 Å². The predicted molar refractivity (Wildman–Crippen MR) is 85.4 cm³/mol. The van der Waals surface area contributed by atoms with E-state index >= 15 is 0 Å². The third-order valence-electron chi connectivity index (χ3n) is 3.40. The molecule has 2 N–H and O–H groups in total. The highest BCUT2D eigenvalue weighted by Crippen LogP contribution is 2.22. The number of halogens is 2. The van der Waals surface area contributed by atoms with Crippen LogP contribution in [0.15, 0.2) is 42.5 Å². The van der Waals surface area contributed by atoms with Gasteiger partial charge in [-0.2, -0.15) is 0 Å². The van der Waals surface area contributed by atoms with Crippen LogP contribution in [0.1, 0.15) is 37.0 Å². The van der Waals surface area contributed by atoms with Crippen molar-refractivity contribution in [3.8, 4) is 0 Å². The van der Waals surface area contributed by atoms with Gasteiger partial charge in [0.1, 0.15) is 5.82 Å². The van der Waals surface area contributed by atoms with E-state index in [1.165, 1.54) is 11.6 Å². The monoisotopic (exact) mass is 307 g/mol. The lowest BCUT2D eigenvalue weighted by molar-refractivity contribution is 0.191. The van der Waals surface area contributed by atoms with Crippen LogP contribution in [0.25, 0.3) is 0 Å². The molecule has 1 unspecified atom stereocenters. The third kappa shape index (κ3) is 4.19. The Kier molecular flexibility index (Phi) is 5.21. The number of aliphatic hydroxyl groups excluding tert-OH is 1. The molecular formula is C17H19ClFNO. The Morgan fingerprint density at radius 2 is 1.71 bits per heavy atom. The van der Waals surface area contributed by atoms with E-state index in [0.29, 0.717) is 16.6 Å². The van der Waals surface area contributed by atoms with E-state index in [1.807, 2.05) is 24.3 Å². The fourth-order valence-electron chi connectivity index (χ4n) is 2.06. The topological polar surface area (TPSA) is 32.3 Å². The van der Waals surface area contributed by atoms with Crippen LogP contribution >= 0.6 is 11.6 Å². The fraction of sp³-hybridized carbons (Fsp3) is 0.294. The first-order valence-corrected chi connectivity index (χ1v) is 7.32. The molecule has 0 radical (unpaired) electrons. The highest BCUT2D eigenvalue weighted by Gasteiger charge is 2.10. The van der Waals surface area contributed by atoms with Crippen LogP contribution in [0, 0.1) is 5.82 Å². The Morgan fingerprint density at radius 1 is 1.10 bits per heavy atom. The zero-order valence-corrected chi connectivity index (χ0v) is 12.9. The molecule has 0 aliphatic heterocycles. The number of hydrogen-bond donors (Lipinski definition) is 2. The number of nitrogens with one attached hydrogen (secondary N) is 1. The molecule has 0 bridgehead atoms. The molecule has 21 heavy (non-hydrogen) atoms. The molecule has 1 atom stereocenters. The summed E-state index contributed by atoms with van der Waals surface area (Å²) in [6.07, 6.45) is -0.693. The molecule has 0 heterocycles. The van der Waals surface area contributed by atoms with Gasteiger partial charge >= 0.3 is 0 Å². The Labute approximate surface area is 129 Å². The molecule has 2 aromatic carbocycles. The average Bonchev–Trinajstić information content (AvgIpc) is 2.46. The number of hydrogen-bond acceptors (Lipinski definition) is 2. The maximum Gasteiger partial charge on any atom is 0.147 e. The van der Waals surface area contributed by atoms with E-state index in [9.17, 15) is 9.50 Å². The molecule has 2 nitrogen and oxygen atoms in total. The molecule has 2 rings (SSSR count). The summed E-state index contributed by atoms with van der Waals surface area (Å²) >= 11 is 5.70. The summed E-state index contributed by atoms with van der Waals surface area (Å²) in [6.45, 7) is 4.48. The van der Waals surface area contributed by atoms with Gasteiger partial charge in [0.05, 0.1) is 11.8 Å². The molecule has 2 aromatic rings. The first-order chi connectivity index (χ1) is 9.97. The average molecular weight is 308 g/mol. The maximum absolute atomic E-state index is 13.6. The summed E-state index contributed by atoms with van der Waals surface area (Å²) in [6, 6.07) is 12.2. The molecule has 0 saturated heterocycles. The molecule has 0 aliphatic rings. The van der Waals surface area contributed by atoms with E-state index in [-0.39, 0.29) is 6.54 Å². The van der Waals surface area contributed by atoms with Gasteiger partial charge in [0.15, 0.2) is 0 Å². The summed E-state index contributed by atoms with van der Waals surface area (Å²) in [4.78, 5) is 0. The Balaban J connectivity index is 1.99.